The summed E-state index contributed by atoms with van der Waals surface area (Å²) in [6.45, 7) is 7.02. The lowest BCUT2D eigenvalue weighted by Gasteiger charge is -2.36. The van der Waals surface area contributed by atoms with E-state index in [4.69, 9.17) is 9.47 Å². The summed E-state index contributed by atoms with van der Waals surface area (Å²) in [5, 5.41) is 7.72. The zero-order valence-electron chi connectivity index (χ0n) is 18.1. The van der Waals surface area contributed by atoms with Crippen LogP contribution >= 0.6 is 33.9 Å². The molecule has 2 N–H and O–H groups in total. The monoisotopic (exact) mass is 540 g/mol. The third kappa shape index (κ3) is 3.68. The van der Waals surface area contributed by atoms with Crippen molar-refractivity contribution < 1.29 is 14.3 Å². The number of rotatable bonds is 5. The maximum Gasteiger partial charge on any atom is 0.256 e. The highest BCUT2D eigenvalue weighted by Crippen LogP contribution is 2.47. The molecule has 1 aliphatic heterocycles. The smallest absolute Gasteiger partial charge is 0.256 e. The Bertz CT molecular complexity index is 985. The highest BCUT2D eigenvalue weighted by atomic mass is 127. The highest BCUT2D eigenvalue weighted by molar-refractivity contribution is 14.1. The molecule has 0 radical (unpaired) electrons. The van der Waals surface area contributed by atoms with Gasteiger partial charge in [-0.1, -0.05) is 27.2 Å². The predicted octanol–water partition coefficient (Wildman–Crippen LogP) is 5.77. The molecule has 2 heterocycles. The van der Waals surface area contributed by atoms with Gasteiger partial charge in [-0.3, -0.25) is 4.79 Å². The van der Waals surface area contributed by atoms with Gasteiger partial charge in [0, 0.05) is 4.88 Å². The zero-order valence-corrected chi connectivity index (χ0v) is 21.1. The Morgan fingerprint density at radius 2 is 2.00 bits per heavy atom. The predicted molar refractivity (Wildman–Crippen MR) is 130 cm³/mol. The molecule has 1 aromatic carbocycles. The van der Waals surface area contributed by atoms with Gasteiger partial charge >= 0.3 is 0 Å². The van der Waals surface area contributed by atoms with E-state index in [1.165, 1.54) is 16.9 Å². The summed E-state index contributed by atoms with van der Waals surface area (Å²) < 4.78 is 11.9. The fraction of sp³-hybridized carbons (Fsp3) is 0.522. The molecule has 1 aliphatic carbocycles. The Morgan fingerprint density at radius 1 is 1.23 bits per heavy atom. The standard InChI is InChI=1S/C23H29IN2O3S/c1-6-23(2,3)13-7-8-14-17(11-13)30-22-18(14)21(27)25-20(26-22)12-9-15(24)19(29-5)16(10-12)28-4/h9-10,13,20,26H,6-8,11H2,1-5H3,(H,25,27)/t13-,20+/m0/s1. The summed E-state index contributed by atoms with van der Waals surface area (Å²) in [7, 11) is 3.26. The number of thiophene rings is 1. The molecule has 0 bridgehead atoms. The molecule has 0 fully saturated rings. The summed E-state index contributed by atoms with van der Waals surface area (Å²) >= 11 is 4.00. The Hall–Kier alpha value is -1.48. The molecule has 4 rings (SSSR count). The first-order valence-electron chi connectivity index (χ1n) is 10.4. The molecule has 2 aromatic rings. The molecule has 1 aromatic heterocycles. The Kier molecular flexibility index (Phi) is 5.96. The van der Waals surface area contributed by atoms with E-state index in [1.807, 2.05) is 12.1 Å². The molecule has 30 heavy (non-hydrogen) atoms. The van der Waals surface area contributed by atoms with E-state index in [9.17, 15) is 4.79 Å². The van der Waals surface area contributed by atoms with Gasteiger partial charge < -0.3 is 20.1 Å². The maximum absolute atomic E-state index is 13.1. The van der Waals surface area contributed by atoms with Gasteiger partial charge in [-0.25, -0.2) is 0 Å². The van der Waals surface area contributed by atoms with Gasteiger partial charge in [0.2, 0.25) is 0 Å². The van der Waals surface area contributed by atoms with E-state index in [-0.39, 0.29) is 12.1 Å². The molecule has 5 nitrogen and oxygen atoms in total. The van der Waals surface area contributed by atoms with Crippen LogP contribution < -0.4 is 20.1 Å². The van der Waals surface area contributed by atoms with Gasteiger partial charge in [0.1, 0.15) is 11.2 Å². The third-order valence-electron chi connectivity index (χ3n) is 6.85. The van der Waals surface area contributed by atoms with Crippen LogP contribution in [-0.4, -0.2) is 20.1 Å². The van der Waals surface area contributed by atoms with E-state index in [2.05, 4.69) is 54.0 Å². The van der Waals surface area contributed by atoms with E-state index in [0.29, 0.717) is 22.8 Å². The number of hydrogen-bond donors (Lipinski definition) is 2. The average molecular weight is 540 g/mol. The van der Waals surface area contributed by atoms with E-state index in [1.54, 1.807) is 25.6 Å². The lowest BCUT2D eigenvalue weighted by molar-refractivity contribution is 0.0934. The third-order valence-corrected chi connectivity index (χ3v) is 8.84. The number of carbonyl (C=O) groups is 1. The summed E-state index contributed by atoms with van der Waals surface area (Å²) in [6.07, 6.45) is 4.10. The molecule has 0 saturated carbocycles. The van der Waals surface area contributed by atoms with Crippen molar-refractivity contribution in [2.24, 2.45) is 11.3 Å². The summed E-state index contributed by atoms with van der Waals surface area (Å²) in [5.41, 5.74) is 3.39. The number of hydrogen-bond acceptors (Lipinski definition) is 5. The normalized spacial score (nSPS) is 20.7. The molecule has 0 unspecified atom stereocenters. The first kappa shape index (κ1) is 21.7. The molecule has 162 valence electrons. The number of amides is 1. The Morgan fingerprint density at radius 3 is 2.67 bits per heavy atom. The number of benzene rings is 1. The first-order chi connectivity index (χ1) is 14.3. The second-order valence-electron chi connectivity index (χ2n) is 8.78. The lowest BCUT2D eigenvalue weighted by Crippen LogP contribution is -2.38. The van der Waals surface area contributed by atoms with Crippen molar-refractivity contribution in [1.29, 1.82) is 0 Å². The molecule has 0 saturated heterocycles. The quantitative estimate of drug-likeness (QED) is 0.474. The van der Waals surface area contributed by atoms with Crippen LogP contribution in [0.1, 0.15) is 66.1 Å². The molecule has 2 aliphatic rings. The first-order valence-corrected chi connectivity index (χ1v) is 12.3. The van der Waals surface area contributed by atoms with E-state index >= 15 is 0 Å². The Balaban J connectivity index is 1.65. The molecule has 0 spiro atoms. The van der Waals surface area contributed by atoms with Crippen molar-refractivity contribution in [1.82, 2.24) is 5.32 Å². The number of carbonyl (C=O) groups excluding carboxylic acids is 1. The van der Waals surface area contributed by atoms with Crippen LogP contribution in [0, 0.1) is 14.9 Å². The number of anilines is 1. The zero-order chi connectivity index (χ0) is 21.6. The van der Waals surface area contributed by atoms with Crippen molar-refractivity contribution >= 4 is 44.8 Å². The van der Waals surface area contributed by atoms with Crippen molar-refractivity contribution in [3.63, 3.8) is 0 Å². The van der Waals surface area contributed by atoms with Crippen molar-refractivity contribution in [3.8, 4) is 11.5 Å². The number of nitrogens with one attached hydrogen (secondary N) is 2. The second kappa shape index (κ2) is 8.22. The van der Waals surface area contributed by atoms with Crippen LogP contribution in [0.2, 0.25) is 0 Å². The fourth-order valence-electron chi connectivity index (χ4n) is 4.53. The van der Waals surface area contributed by atoms with Crippen molar-refractivity contribution in [3.05, 3.63) is 37.3 Å². The number of ether oxygens (including phenoxy) is 2. The topological polar surface area (TPSA) is 59.6 Å². The van der Waals surface area contributed by atoms with Crippen molar-refractivity contribution in [2.45, 2.75) is 52.6 Å². The van der Waals surface area contributed by atoms with Crippen LogP contribution in [0.5, 0.6) is 11.5 Å². The van der Waals surface area contributed by atoms with Crippen LogP contribution in [0.15, 0.2) is 12.1 Å². The summed E-state index contributed by atoms with van der Waals surface area (Å²) in [5.74, 6) is 2.06. The van der Waals surface area contributed by atoms with Gasteiger partial charge in [0.25, 0.3) is 5.91 Å². The fourth-order valence-corrected chi connectivity index (χ4v) is 6.72. The van der Waals surface area contributed by atoms with Crippen LogP contribution in [0.25, 0.3) is 0 Å². The Labute approximate surface area is 196 Å². The number of fused-ring (bicyclic) bond motifs is 3. The SMILES string of the molecule is CCC(C)(C)[C@H]1CCc2c(sc3c2C(=O)N[C@@H](c2cc(I)c(OC)c(OC)c2)N3)C1. The minimum Gasteiger partial charge on any atom is -0.493 e. The largest absolute Gasteiger partial charge is 0.493 e. The van der Waals surface area contributed by atoms with Gasteiger partial charge in [0.05, 0.1) is 23.4 Å². The summed E-state index contributed by atoms with van der Waals surface area (Å²) in [6, 6.07) is 3.95. The van der Waals surface area contributed by atoms with Crippen LogP contribution in [0.3, 0.4) is 0 Å². The van der Waals surface area contributed by atoms with E-state index < -0.39 is 0 Å². The van der Waals surface area contributed by atoms with Crippen LogP contribution in [-0.2, 0) is 12.8 Å². The molecule has 1 amide bonds. The molecule has 2 atom stereocenters. The van der Waals surface area contributed by atoms with Gasteiger partial charge in [-0.05, 0) is 76.4 Å². The van der Waals surface area contributed by atoms with Gasteiger partial charge in [-0.15, -0.1) is 11.3 Å². The van der Waals surface area contributed by atoms with Crippen LogP contribution in [0.4, 0.5) is 5.00 Å². The number of halogens is 1. The van der Waals surface area contributed by atoms with Crippen molar-refractivity contribution in [2.75, 3.05) is 19.5 Å². The molecular weight excluding hydrogens is 511 g/mol. The maximum atomic E-state index is 13.1. The van der Waals surface area contributed by atoms with Gasteiger partial charge in [0.15, 0.2) is 11.5 Å². The second-order valence-corrected chi connectivity index (χ2v) is 11.0. The van der Waals surface area contributed by atoms with Gasteiger partial charge in [-0.2, -0.15) is 0 Å². The minimum absolute atomic E-state index is 0.0178. The average Bonchev–Trinajstić information content (AvgIpc) is 3.11. The van der Waals surface area contributed by atoms with E-state index in [0.717, 1.165) is 39.0 Å². The number of methoxy groups -OCH3 is 2. The molecule has 7 heteroatoms. The summed E-state index contributed by atoms with van der Waals surface area (Å²) in [4.78, 5) is 14.5. The lowest BCUT2D eigenvalue weighted by atomic mass is 9.69. The highest BCUT2D eigenvalue weighted by Gasteiger charge is 2.37. The molecular formula is C23H29IN2O3S. The minimum atomic E-state index is -0.290.